The Morgan fingerprint density at radius 2 is 2.06 bits per heavy atom. The molecule has 1 aromatic heterocycles. The van der Waals surface area contributed by atoms with Gasteiger partial charge in [0.1, 0.15) is 11.5 Å². The lowest BCUT2D eigenvalue weighted by molar-refractivity contribution is 0.100. The van der Waals surface area contributed by atoms with Crippen molar-refractivity contribution in [3.8, 4) is 23.0 Å². The molecule has 0 fully saturated rings. The minimum Gasteiger partial charge on any atom is -0.497 e. The van der Waals surface area contributed by atoms with Gasteiger partial charge in [0, 0.05) is 13.0 Å². The van der Waals surface area contributed by atoms with Crippen LogP contribution in [0.1, 0.15) is 17.5 Å². The highest BCUT2D eigenvalue weighted by Crippen LogP contribution is 2.32. The minimum atomic E-state index is -0.252. The molecule has 18 heavy (non-hydrogen) atoms. The van der Waals surface area contributed by atoms with E-state index in [9.17, 15) is 4.79 Å². The van der Waals surface area contributed by atoms with E-state index in [4.69, 9.17) is 14.0 Å². The van der Waals surface area contributed by atoms with Crippen LogP contribution in [0.5, 0.6) is 11.5 Å². The molecule has 1 aromatic carbocycles. The summed E-state index contributed by atoms with van der Waals surface area (Å²) in [7, 11) is 3.09. The number of hydrogen-bond donors (Lipinski definition) is 0. The fraction of sp³-hybridized carbons (Fsp3) is 0.250. The molecule has 0 saturated carbocycles. The van der Waals surface area contributed by atoms with E-state index in [0.29, 0.717) is 17.1 Å². The first-order chi connectivity index (χ1) is 8.65. The summed E-state index contributed by atoms with van der Waals surface area (Å²) in [5.41, 5.74) is 0.610. The van der Waals surface area contributed by atoms with E-state index >= 15 is 0 Å². The molecule has 2 aromatic rings. The molecule has 0 aliphatic carbocycles. The molecule has 0 aliphatic heterocycles. The van der Waals surface area contributed by atoms with Crippen LogP contribution in [0.15, 0.2) is 22.7 Å². The second kappa shape index (κ2) is 4.87. The number of nitrogens with zero attached hydrogens (tertiary/aromatic N) is 2. The van der Waals surface area contributed by atoms with Gasteiger partial charge in [0.25, 0.3) is 5.89 Å². The molecule has 0 atom stereocenters. The number of carbonyl (C=O) groups excluding carboxylic acids is 1. The van der Waals surface area contributed by atoms with Crippen molar-refractivity contribution in [3.05, 3.63) is 24.0 Å². The zero-order chi connectivity index (χ0) is 13.1. The Balaban J connectivity index is 2.45. The number of benzene rings is 1. The van der Waals surface area contributed by atoms with Crippen LogP contribution in [-0.4, -0.2) is 30.1 Å². The van der Waals surface area contributed by atoms with E-state index in [-0.39, 0.29) is 17.5 Å². The number of ketones is 1. The summed E-state index contributed by atoms with van der Waals surface area (Å²) in [6.07, 6.45) is 0. The molecule has 6 heteroatoms. The lowest BCUT2D eigenvalue weighted by atomic mass is 10.2. The van der Waals surface area contributed by atoms with Crippen LogP contribution in [0.2, 0.25) is 0 Å². The van der Waals surface area contributed by atoms with Crippen molar-refractivity contribution in [2.45, 2.75) is 6.92 Å². The monoisotopic (exact) mass is 248 g/mol. The maximum Gasteiger partial charge on any atom is 0.262 e. The number of rotatable bonds is 4. The second-order valence-corrected chi connectivity index (χ2v) is 3.55. The summed E-state index contributed by atoms with van der Waals surface area (Å²) in [6.45, 7) is 1.37. The van der Waals surface area contributed by atoms with Crippen LogP contribution in [0.25, 0.3) is 11.5 Å². The third-order valence-electron chi connectivity index (χ3n) is 2.38. The third-order valence-corrected chi connectivity index (χ3v) is 2.38. The van der Waals surface area contributed by atoms with Gasteiger partial charge in [-0.25, -0.2) is 0 Å². The summed E-state index contributed by atoms with van der Waals surface area (Å²) in [5.74, 6) is 1.22. The molecule has 1 heterocycles. The Morgan fingerprint density at radius 3 is 2.61 bits per heavy atom. The summed E-state index contributed by atoms with van der Waals surface area (Å²) < 4.78 is 15.3. The smallest absolute Gasteiger partial charge is 0.262 e. The Hall–Kier alpha value is -2.37. The summed E-state index contributed by atoms with van der Waals surface area (Å²) in [5, 5.41) is 3.59. The molecular weight excluding hydrogens is 236 g/mol. The maximum atomic E-state index is 11.1. The highest BCUT2D eigenvalue weighted by molar-refractivity contribution is 5.90. The quantitative estimate of drug-likeness (QED) is 0.770. The number of ether oxygens (including phenoxy) is 2. The number of Topliss-reactive ketones (excluding diaryl/α,β-unsaturated/α-hetero) is 1. The van der Waals surface area contributed by atoms with Crippen molar-refractivity contribution in [1.82, 2.24) is 10.1 Å². The molecule has 6 nitrogen and oxygen atoms in total. The van der Waals surface area contributed by atoms with Gasteiger partial charge >= 0.3 is 0 Å². The molecule has 94 valence electrons. The topological polar surface area (TPSA) is 74.5 Å². The molecule has 0 saturated heterocycles. The van der Waals surface area contributed by atoms with Crippen LogP contribution in [0.4, 0.5) is 0 Å². The molecule has 0 amide bonds. The van der Waals surface area contributed by atoms with Crippen LogP contribution in [-0.2, 0) is 0 Å². The van der Waals surface area contributed by atoms with Crippen molar-refractivity contribution in [3.63, 3.8) is 0 Å². The van der Waals surface area contributed by atoms with Crippen molar-refractivity contribution in [2.75, 3.05) is 14.2 Å². The van der Waals surface area contributed by atoms with E-state index in [1.54, 1.807) is 25.3 Å². The lowest BCUT2D eigenvalue weighted by Crippen LogP contribution is -1.94. The van der Waals surface area contributed by atoms with E-state index in [1.807, 2.05) is 0 Å². The molecular formula is C12H12N2O4. The molecule has 0 bridgehead atoms. The summed E-state index contributed by atoms with van der Waals surface area (Å²) in [4.78, 5) is 15.1. The number of methoxy groups -OCH3 is 2. The van der Waals surface area contributed by atoms with Crippen LogP contribution in [0.3, 0.4) is 0 Å². The van der Waals surface area contributed by atoms with Gasteiger partial charge in [-0.15, -0.1) is 0 Å². The van der Waals surface area contributed by atoms with E-state index < -0.39 is 0 Å². The highest BCUT2D eigenvalue weighted by atomic mass is 16.5. The van der Waals surface area contributed by atoms with E-state index in [1.165, 1.54) is 14.0 Å². The number of aromatic nitrogens is 2. The van der Waals surface area contributed by atoms with Crippen LogP contribution in [0, 0.1) is 0 Å². The Labute approximate surface area is 104 Å². The van der Waals surface area contributed by atoms with Gasteiger partial charge in [0.15, 0.2) is 0 Å². The van der Waals surface area contributed by atoms with Crippen LogP contribution < -0.4 is 9.47 Å². The largest absolute Gasteiger partial charge is 0.497 e. The predicted octanol–water partition coefficient (Wildman–Crippen LogP) is 1.96. The van der Waals surface area contributed by atoms with Gasteiger partial charge < -0.3 is 14.0 Å². The second-order valence-electron chi connectivity index (χ2n) is 3.55. The standard InChI is InChI=1S/C12H12N2O4/c1-7(15)11-13-12(18-14-11)9-5-4-8(16-2)6-10(9)17-3/h4-6H,1-3H3. The number of hydrogen-bond acceptors (Lipinski definition) is 6. The zero-order valence-electron chi connectivity index (χ0n) is 10.3. The maximum absolute atomic E-state index is 11.1. The van der Waals surface area contributed by atoms with Crippen molar-refractivity contribution in [2.24, 2.45) is 0 Å². The normalized spacial score (nSPS) is 10.2. The first-order valence-corrected chi connectivity index (χ1v) is 5.22. The SMILES string of the molecule is COc1ccc(-c2nc(C(C)=O)no2)c(OC)c1. The first-order valence-electron chi connectivity index (χ1n) is 5.22. The van der Waals surface area contributed by atoms with Crippen LogP contribution >= 0.6 is 0 Å². The number of carbonyl (C=O) groups is 1. The van der Waals surface area contributed by atoms with Crippen molar-refractivity contribution >= 4 is 5.78 Å². The third kappa shape index (κ3) is 2.17. The molecule has 0 unspecified atom stereocenters. The minimum absolute atomic E-state index is 0.0443. The Bertz CT molecular complexity index is 577. The Morgan fingerprint density at radius 1 is 1.28 bits per heavy atom. The molecule has 2 rings (SSSR count). The molecule has 0 aliphatic rings. The van der Waals surface area contributed by atoms with Gasteiger partial charge in [-0.05, 0) is 12.1 Å². The first kappa shape index (κ1) is 12.1. The van der Waals surface area contributed by atoms with Gasteiger partial charge in [0.2, 0.25) is 11.6 Å². The van der Waals surface area contributed by atoms with Gasteiger partial charge in [0.05, 0.1) is 19.8 Å². The van der Waals surface area contributed by atoms with Gasteiger partial charge in [-0.3, -0.25) is 4.79 Å². The van der Waals surface area contributed by atoms with Gasteiger partial charge in [-0.2, -0.15) is 4.98 Å². The molecule has 0 spiro atoms. The average molecular weight is 248 g/mol. The zero-order valence-corrected chi connectivity index (χ0v) is 10.3. The average Bonchev–Trinajstić information content (AvgIpc) is 2.87. The van der Waals surface area contributed by atoms with E-state index in [2.05, 4.69) is 10.1 Å². The summed E-state index contributed by atoms with van der Waals surface area (Å²) >= 11 is 0. The predicted molar refractivity (Wildman–Crippen MR) is 62.8 cm³/mol. The molecule has 0 N–H and O–H groups in total. The van der Waals surface area contributed by atoms with Crippen molar-refractivity contribution < 1.29 is 18.8 Å². The Kier molecular flexibility index (Phi) is 3.27. The fourth-order valence-corrected chi connectivity index (χ4v) is 1.45. The molecule has 0 radical (unpaired) electrons. The van der Waals surface area contributed by atoms with Gasteiger partial charge in [-0.1, -0.05) is 5.16 Å². The fourth-order valence-electron chi connectivity index (χ4n) is 1.45. The van der Waals surface area contributed by atoms with Crippen molar-refractivity contribution in [1.29, 1.82) is 0 Å². The lowest BCUT2D eigenvalue weighted by Gasteiger charge is -2.06. The summed E-state index contributed by atoms with van der Waals surface area (Å²) in [6, 6.07) is 5.18. The highest BCUT2D eigenvalue weighted by Gasteiger charge is 2.16. The van der Waals surface area contributed by atoms with E-state index in [0.717, 1.165) is 0 Å².